The number of amides is 1. The Balaban J connectivity index is 2.28. The fourth-order valence-corrected chi connectivity index (χ4v) is 1.59. The van der Waals surface area contributed by atoms with Gasteiger partial charge < -0.3 is 0 Å². The molecule has 0 atom stereocenters. The van der Waals surface area contributed by atoms with Crippen molar-refractivity contribution in [1.29, 1.82) is 0 Å². The van der Waals surface area contributed by atoms with Crippen molar-refractivity contribution in [2.45, 2.75) is 19.8 Å². The van der Waals surface area contributed by atoms with Gasteiger partial charge in [-0.15, -0.1) is 0 Å². The molecule has 4 heteroatoms. The van der Waals surface area contributed by atoms with Gasteiger partial charge in [-0.05, 0) is 30.7 Å². The summed E-state index contributed by atoms with van der Waals surface area (Å²) in [6.45, 7) is 2.00. The molecule has 1 aromatic rings. The highest BCUT2D eigenvalue weighted by molar-refractivity contribution is 6.30. The van der Waals surface area contributed by atoms with E-state index in [9.17, 15) is 4.79 Å². The van der Waals surface area contributed by atoms with E-state index in [0.717, 1.165) is 17.8 Å². The molecule has 0 fully saturated rings. The van der Waals surface area contributed by atoms with Crippen molar-refractivity contribution < 1.29 is 4.79 Å². The zero-order valence-electron chi connectivity index (χ0n) is 8.40. The predicted octanol–water partition coefficient (Wildman–Crippen LogP) is 2.84. The van der Waals surface area contributed by atoms with Crippen molar-refractivity contribution in [3.05, 3.63) is 29.3 Å². The molecule has 0 saturated heterocycles. The lowest BCUT2D eigenvalue weighted by Gasteiger charge is -2.11. The van der Waals surface area contributed by atoms with Gasteiger partial charge in [-0.3, -0.25) is 4.79 Å². The molecule has 0 aliphatic carbocycles. The van der Waals surface area contributed by atoms with Crippen molar-refractivity contribution in [3.63, 3.8) is 0 Å². The average Bonchev–Trinajstić information content (AvgIpc) is 2.61. The molecule has 1 aliphatic rings. The van der Waals surface area contributed by atoms with E-state index in [1.165, 1.54) is 5.01 Å². The van der Waals surface area contributed by atoms with Crippen LogP contribution in [0.1, 0.15) is 19.8 Å². The lowest BCUT2D eigenvalue weighted by molar-refractivity contribution is -0.116. The molecule has 15 heavy (non-hydrogen) atoms. The van der Waals surface area contributed by atoms with E-state index < -0.39 is 0 Å². The molecular formula is C11H11ClN2O. The molecule has 0 unspecified atom stereocenters. The predicted molar refractivity (Wildman–Crippen MR) is 61.3 cm³/mol. The maximum Gasteiger partial charge on any atom is 0.253 e. The normalized spacial score (nSPS) is 15.7. The number of hydrogen-bond acceptors (Lipinski definition) is 2. The van der Waals surface area contributed by atoms with E-state index in [0.29, 0.717) is 11.4 Å². The van der Waals surface area contributed by atoms with Gasteiger partial charge in [-0.2, -0.15) is 5.10 Å². The highest BCUT2D eigenvalue weighted by Crippen LogP contribution is 2.22. The minimum absolute atomic E-state index is 0.0224. The molecule has 0 bridgehead atoms. The summed E-state index contributed by atoms with van der Waals surface area (Å²) in [6.07, 6.45) is 1.24. The van der Waals surface area contributed by atoms with E-state index in [2.05, 4.69) is 5.10 Å². The molecule has 0 spiro atoms. The third-order valence-electron chi connectivity index (χ3n) is 2.31. The summed E-state index contributed by atoms with van der Waals surface area (Å²) in [5.74, 6) is 0.0224. The van der Waals surface area contributed by atoms with Gasteiger partial charge in [0.05, 0.1) is 12.1 Å². The Morgan fingerprint density at radius 3 is 2.60 bits per heavy atom. The van der Waals surface area contributed by atoms with Gasteiger partial charge >= 0.3 is 0 Å². The maximum atomic E-state index is 11.6. The number of rotatable bonds is 2. The first-order valence-electron chi connectivity index (χ1n) is 4.85. The van der Waals surface area contributed by atoms with Crippen molar-refractivity contribution in [3.8, 4) is 0 Å². The summed E-state index contributed by atoms with van der Waals surface area (Å²) in [5.41, 5.74) is 1.70. The smallest absolute Gasteiger partial charge is 0.253 e. The standard InChI is InChI=1S/C11H11ClN2O/c1-2-9-7-11(15)14(13-9)10-5-3-8(12)4-6-10/h3-6H,2,7H2,1H3. The second kappa shape index (κ2) is 4.03. The molecule has 1 aromatic carbocycles. The van der Waals surface area contributed by atoms with Crippen LogP contribution in [0, 0.1) is 0 Å². The first kappa shape index (κ1) is 10.2. The minimum atomic E-state index is 0.0224. The molecule has 0 saturated carbocycles. The summed E-state index contributed by atoms with van der Waals surface area (Å²) in [5, 5.41) is 6.34. The summed E-state index contributed by atoms with van der Waals surface area (Å²) in [4.78, 5) is 11.6. The van der Waals surface area contributed by atoms with E-state index in [4.69, 9.17) is 11.6 Å². The quantitative estimate of drug-likeness (QED) is 0.758. The Kier molecular flexibility index (Phi) is 2.73. The minimum Gasteiger partial charge on any atom is -0.272 e. The summed E-state index contributed by atoms with van der Waals surface area (Å²) < 4.78 is 0. The third kappa shape index (κ3) is 2.02. The second-order valence-electron chi connectivity index (χ2n) is 3.38. The van der Waals surface area contributed by atoms with E-state index >= 15 is 0 Å². The van der Waals surface area contributed by atoms with Gasteiger partial charge in [0.15, 0.2) is 0 Å². The van der Waals surface area contributed by atoms with Crippen molar-refractivity contribution in [2.24, 2.45) is 5.10 Å². The highest BCUT2D eigenvalue weighted by Gasteiger charge is 2.23. The van der Waals surface area contributed by atoms with Gasteiger partial charge in [0.2, 0.25) is 0 Å². The number of halogens is 1. The highest BCUT2D eigenvalue weighted by atomic mass is 35.5. The lowest BCUT2D eigenvalue weighted by Crippen LogP contribution is -2.19. The number of nitrogens with zero attached hydrogens (tertiary/aromatic N) is 2. The van der Waals surface area contributed by atoms with Gasteiger partial charge in [-0.25, -0.2) is 5.01 Å². The van der Waals surface area contributed by atoms with Crippen molar-refractivity contribution >= 4 is 28.9 Å². The summed E-state index contributed by atoms with van der Waals surface area (Å²) in [7, 11) is 0. The molecule has 78 valence electrons. The third-order valence-corrected chi connectivity index (χ3v) is 2.56. The summed E-state index contributed by atoms with van der Waals surface area (Å²) in [6, 6.07) is 7.10. The molecule has 0 radical (unpaired) electrons. The van der Waals surface area contributed by atoms with E-state index in [-0.39, 0.29) is 5.91 Å². The zero-order chi connectivity index (χ0) is 10.8. The summed E-state index contributed by atoms with van der Waals surface area (Å²) >= 11 is 5.77. The largest absolute Gasteiger partial charge is 0.272 e. The van der Waals surface area contributed by atoms with Crippen LogP contribution in [0.4, 0.5) is 5.69 Å². The van der Waals surface area contributed by atoms with E-state index in [1.807, 2.05) is 6.92 Å². The Labute approximate surface area is 93.3 Å². The first-order valence-corrected chi connectivity index (χ1v) is 5.23. The van der Waals surface area contributed by atoms with Crippen LogP contribution in [-0.4, -0.2) is 11.6 Å². The molecule has 3 nitrogen and oxygen atoms in total. The van der Waals surface area contributed by atoms with Crippen LogP contribution in [-0.2, 0) is 4.79 Å². The molecular weight excluding hydrogens is 212 g/mol. The number of hydrogen-bond donors (Lipinski definition) is 0. The van der Waals surface area contributed by atoms with E-state index in [1.54, 1.807) is 24.3 Å². The number of carbonyl (C=O) groups is 1. The second-order valence-corrected chi connectivity index (χ2v) is 3.81. The lowest BCUT2D eigenvalue weighted by atomic mass is 10.2. The van der Waals surface area contributed by atoms with Crippen LogP contribution in [0.2, 0.25) is 5.02 Å². The van der Waals surface area contributed by atoms with Crippen LogP contribution in [0.15, 0.2) is 29.4 Å². The Hall–Kier alpha value is -1.35. The SMILES string of the molecule is CCC1=NN(c2ccc(Cl)cc2)C(=O)C1. The molecule has 0 aromatic heterocycles. The molecule has 1 amide bonds. The van der Waals surface area contributed by atoms with Crippen LogP contribution >= 0.6 is 11.6 Å². The molecule has 1 aliphatic heterocycles. The van der Waals surface area contributed by atoms with Crippen LogP contribution < -0.4 is 5.01 Å². The number of hydrazone groups is 1. The van der Waals surface area contributed by atoms with Gasteiger partial charge in [0, 0.05) is 10.7 Å². The topological polar surface area (TPSA) is 32.7 Å². The molecule has 0 N–H and O–H groups in total. The van der Waals surface area contributed by atoms with Gasteiger partial charge in [-0.1, -0.05) is 18.5 Å². The monoisotopic (exact) mass is 222 g/mol. The van der Waals surface area contributed by atoms with Crippen LogP contribution in [0.25, 0.3) is 0 Å². The number of benzene rings is 1. The zero-order valence-corrected chi connectivity index (χ0v) is 9.16. The Morgan fingerprint density at radius 2 is 2.07 bits per heavy atom. The fraction of sp³-hybridized carbons (Fsp3) is 0.273. The van der Waals surface area contributed by atoms with Crippen molar-refractivity contribution in [1.82, 2.24) is 0 Å². The average molecular weight is 223 g/mol. The molecule has 1 heterocycles. The number of anilines is 1. The first-order chi connectivity index (χ1) is 7.20. The maximum absolute atomic E-state index is 11.6. The van der Waals surface area contributed by atoms with Crippen molar-refractivity contribution in [2.75, 3.05) is 5.01 Å². The molecule has 2 rings (SSSR count). The Bertz CT molecular complexity index is 411. The fourth-order valence-electron chi connectivity index (χ4n) is 1.46. The van der Waals surface area contributed by atoms with Gasteiger partial charge in [0.25, 0.3) is 5.91 Å². The van der Waals surface area contributed by atoms with Crippen LogP contribution in [0.5, 0.6) is 0 Å². The number of carbonyl (C=O) groups excluding carboxylic acids is 1. The Morgan fingerprint density at radius 1 is 1.40 bits per heavy atom. The van der Waals surface area contributed by atoms with Crippen LogP contribution in [0.3, 0.4) is 0 Å². The van der Waals surface area contributed by atoms with Gasteiger partial charge in [0.1, 0.15) is 0 Å².